The third-order valence-corrected chi connectivity index (χ3v) is 6.54. The number of amides is 2. The molecule has 0 radical (unpaired) electrons. The summed E-state index contributed by atoms with van der Waals surface area (Å²) in [7, 11) is 0. The zero-order valence-corrected chi connectivity index (χ0v) is 20.5. The number of nitrogens with zero attached hydrogens (tertiary/aromatic N) is 4. The van der Waals surface area contributed by atoms with Gasteiger partial charge in [0, 0.05) is 17.7 Å². The standard InChI is InChI=1S/C23H20F8N6O3/c1-9-3-13(24)11(16-5-12(22(26,27)28)17-18(32)33-8-34-37(16)17)4-10(9)19(38)35-15-7-36(6-14(15)25)20(39)21(2,40)23(29,30)31/h3-5,8,14-15,40H,6-7H2,1-2H3,(H,35,38)(H2,32,33,34)/t14-,15+,21+/m0/s1. The molecule has 1 fully saturated rings. The fourth-order valence-electron chi connectivity index (χ4n) is 4.33. The van der Waals surface area contributed by atoms with Crippen molar-refractivity contribution in [2.24, 2.45) is 0 Å². The maximum absolute atomic E-state index is 15.0. The first-order valence-electron chi connectivity index (χ1n) is 11.4. The highest BCUT2D eigenvalue weighted by atomic mass is 19.4. The number of aromatic nitrogens is 3. The molecule has 0 aliphatic carbocycles. The van der Waals surface area contributed by atoms with Gasteiger partial charge in [-0.1, -0.05) is 0 Å². The highest BCUT2D eigenvalue weighted by molar-refractivity contribution is 5.97. The van der Waals surface area contributed by atoms with E-state index in [-0.39, 0.29) is 18.1 Å². The number of aryl methyl sites for hydroxylation is 1. The lowest BCUT2D eigenvalue weighted by molar-refractivity contribution is -0.249. The number of nitrogens with two attached hydrogens (primary N) is 1. The molecule has 1 aliphatic rings. The average molecular weight is 580 g/mol. The van der Waals surface area contributed by atoms with Crippen LogP contribution in [0.2, 0.25) is 0 Å². The van der Waals surface area contributed by atoms with Crippen molar-refractivity contribution in [2.45, 2.75) is 44.0 Å². The molecule has 0 unspecified atom stereocenters. The highest BCUT2D eigenvalue weighted by Crippen LogP contribution is 2.39. The van der Waals surface area contributed by atoms with Crippen LogP contribution in [0.3, 0.4) is 0 Å². The van der Waals surface area contributed by atoms with Gasteiger partial charge in [0.15, 0.2) is 5.82 Å². The van der Waals surface area contributed by atoms with E-state index in [9.17, 15) is 45.4 Å². The Morgan fingerprint density at radius 3 is 2.38 bits per heavy atom. The summed E-state index contributed by atoms with van der Waals surface area (Å²) in [6, 6.07) is 0.812. The maximum Gasteiger partial charge on any atom is 0.426 e. The first-order valence-corrected chi connectivity index (χ1v) is 11.4. The molecule has 3 atom stereocenters. The number of fused-ring (bicyclic) bond motifs is 1. The van der Waals surface area contributed by atoms with E-state index in [1.165, 1.54) is 6.92 Å². The quantitative estimate of drug-likeness (QED) is 0.408. The number of likely N-dealkylation sites (tertiary alicyclic amines) is 1. The Balaban J connectivity index is 1.66. The normalized spacial score (nSPS) is 19.6. The van der Waals surface area contributed by atoms with Crippen molar-refractivity contribution < 1.29 is 49.8 Å². The molecule has 1 aromatic carbocycles. The van der Waals surface area contributed by atoms with Gasteiger partial charge in [0.05, 0.1) is 23.8 Å². The van der Waals surface area contributed by atoms with Crippen LogP contribution < -0.4 is 11.1 Å². The summed E-state index contributed by atoms with van der Waals surface area (Å²) in [4.78, 5) is 29.1. The van der Waals surface area contributed by atoms with Crippen molar-refractivity contribution in [1.29, 1.82) is 0 Å². The lowest BCUT2D eigenvalue weighted by Gasteiger charge is -2.29. The molecule has 17 heteroatoms. The van der Waals surface area contributed by atoms with E-state index in [1.54, 1.807) is 0 Å². The minimum atomic E-state index is -5.34. The summed E-state index contributed by atoms with van der Waals surface area (Å²) in [5.74, 6) is -4.44. The summed E-state index contributed by atoms with van der Waals surface area (Å²) in [5.41, 5.74) is -1.36. The number of carbonyl (C=O) groups is 2. The molecule has 3 aromatic rings. The van der Waals surface area contributed by atoms with Crippen LogP contribution in [0.1, 0.15) is 28.4 Å². The first-order chi connectivity index (χ1) is 18.3. The fraction of sp³-hybridized carbons (Fsp3) is 0.391. The van der Waals surface area contributed by atoms with Gasteiger partial charge < -0.3 is 21.1 Å². The molecule has 4 N–H and O–H groups in total. The van der Waals surface area contributed by atoms with Crippen molar-refractivity contribution in [1.82, 2.24) is 24.8 Å². The van der Waals surface area contributed by atoms with Crippen LogP contribution in [0.4, 0.5) is 40.9 Å². The Morgan fingerprint density at radius 2 is 1.77 bits per heavy atom. The van der Waals surface area contributed by atoms with E-state index in [2.05, 4.69) is 15.4 Å². The second-order valence-corrected chi connectivity index (χ2v) is 9.37. The molecule has 3 heterocycles. The largest absolute Gasteiger partial charge is 0.426 e. The molecule has 9 nitrogen and oxygen atoms in total. The van der Waals surface area contributed by atoms with Crippen molar-refractivity contribution in [3.8, 4) is 11.3 Å². The fourth-order valence-corrected chi connectivity index (χ4v) is 4.33. The third kappa shape index (κ3) is 4.89. The Hall–Kier alpha value is -4.02. The second kappa shape index (κ2) is 9.57. The topological polar surface area (TPSA) is 126 Å². The van der Waals surface area contributed by atoms with Gasteiger partial charge in [0.25, 0.3) is 11.8 Å². The van der Waals surface area contributed by atoms with Crippen molar-refractivity contribution >= 4 is 23.1 Å². The van der Waals surface area contributed by atoms with Gasteiger partial charge in [-0.05, 0) is 37.6 Å². The number of nitrogens with one attached hydrogen (secondary N) is 1. The van der Waals surface area contributed by atoms with Crippen molar-refractivity contribution in [3.63, 3.8) is 0 Å². The number of benzene rings is 1. The lowest BCUT2D eigenvalue weighted by Crippen LogP contribution is -2.56. The first kappa shape index (κ1) is 29.0. The Bertz CT molecular complexity index is 1500. The molecular formula is C23H20F8N6O3. The van der Waals surface area contributed by atoms with E-state index in [0.29, 0.717) is 15.5 Å². The summed E-state index contributed by atoms with van der Waals surface area (Å²) in [5, 5.41) is 15.5. The summed E-state index contributed by atoms with van der Waals surface area (Å²) in [6.45, 7) is -0.0795. The van der Waals surface area contributed by atoms with Crippen LogP contribution in [0.15, 0.2) is 24.5 Å². The van der Waals surface area contributed by atoms with E-state index in [1.807, 2.05) is 0 Å². The number of anilines is 1. The number of rotatable bonds is 4. The predicted molar refractivity (Wildman–Crippen MR) is 122 cm³/mol. The molecule has 216 valence electrons. The number of alkyl halides is 7. The lowest BCUT2D eigenvalue weighted by atomic mass is 10.0. The van der Waals surface area contributed by atoms with E-state index in [0.717, 1.165) is 18.5 Å². The van der Waals surface area contributed by atoms with Crippen LogP contribution in [0.5, 0.6) is 0 Å². The van der Waals surface area contributed by atoms with Crippen molar-refractivity contribution in [3.05, 3.63) is 47.0 Å². The minimum absolute atomic E-state index is 0.00820. The van der Waals surface area contributed by atoms with Gasteiger partial charge in [-0.3, -0.25) is 9.59 Å². The monoisotopic (exact) mass is 580 g/mol. The van der Waals surface area contributed by atoms with E-state index in [4.69, 9.17) is 5.73 Å². The van der Waals surface area contributed by atoms with Gasteiger partial charge in [0.2, 0.25) is 5.60 Å². The zero-order valence-electron chi connectivity index (χ0n) is 20.5. The van der Waals surface area contributed by atoms with Crippen LogP contribution in [-0.2, 0) is 11.0 Å². The minimum Gasteiger partial charge on any atom is -0.382 e. The average Bonchev–Trinajstić information content (AvgIpc) is 3.39. The summed E-state index contributed by atoms with van der Waals surface area (Å²) in [6.07, 6.45) is -11.5. The number of halogens is 8. The Labute approximate surface area is 219 Å². The smallest absolute Gasteiger partial charge is 0.382 e. The third-order valence-electron chi connectivity index (χ3n) is 6.54. The van der Waals surface area contributed by atoms with Gasteiger partial charge in [-0.15, -0.1) is 0 Å². The molecular weight excluding hydrogens is 560 g/mol. The molecule has 1 saturated heterocycles. The van der Waals surface area contributed by atoms with Crippen molar-refractivity contribution in [2.75, 3.05) is 18.8 Å². The highest BCUT2D eigenvalue weighted by Gasteiger charge is 2.58. The van der Waals surface area contributed by atoms with Gasteiger partial charge in [0.1, 0.15) is 23.8 Å². The molecule has 2 aromatic heterocycles. The van der Waals surface area contributed by atoms with Crippen LogP contribution in [0, 0.1) is 12.7 Å². The van der Waals surface area contributed by atoms with Crippen LogP contribution in [-0.4, -0.2) is 73.5 Å². The van der Waals surface area contributed by atoms with Gasteiger partial charge in [-0.25, -0.2) is 18.3 Å². The molecule has 1 aliphatic heterocycles. The number of hydrogen-bond donors (Lipinski definition) is 3. The van der Waals surface area contributed by atoms with Gasteiger partial charge in [-0.2, -0.15) is 31.4 Å². The number of nitrogen functional groups attached to an aromatic ring is 1. The van der Waals surface area contributed by atoms with E-state index >= 15 is 4.39 Å². The van der Waals surface area contributed by atoms with Gasteiger partial charge >= 0.3 is 12.4 Å². The SMILES string of the molecule is Cc1cc(F)c(-c2cc(C(F)(F)F)c3c(N)ncnn23)cc1C(=O)N[C@@H]1CN(C(=O)[C@@](C)(O)C(F)(F)F)C[C@@H]1F. The molecule has 4 rings (SSSR count). The Kier molecular flexibility index (Phi) is 6.93. The molecule has 40 heavy (non-hydrogen) atoms. The van der Waals surface area contributed by atoms with Crippen LogP contribution in [0.25, 0.3) is 16.8 Å². The Morgan fingerprint density at radius 1 is 1.12 bits per heavy atom. The summed E-state index contributed by atoms with van der Waals surface area (Å²) >= 11 is 0. The molecule has 0 spiro atoms. The molecule has 0 bridgehead atoms. The number of carbonyl (C=O) groups excluding carboxylic acids is 2. The zero-order chi connectivity index (χ0) is 29.9. The van der Waals surface area contributed by atoms with E-state index < -0.39 is 89.0 Å². The summed E-state index contributed by atoms with van der Waals surface area (Å²) < 4.78 is 110. The maximum atomic E-state index is 15.0. The molecule has 0 saturated carbocycles. The predicted octanol–water partition coefficient (Wildman–Crippen LogP) is 3.04. The van der Waals surface area contributed by atoms with Crippen LogP contribution >= 0.6 is 0 Å². The number of hydrogen-bond acceptors (Lipinski definition) is 6. The second-order valence-electron chi connectivity index (χ2n) is 9.37. The molecule has 2 amide bonds. The number of aliphatic hydroxyl groups is 1.